The number of hydrogen-bond acceptors (Lipinski definition) is 5. The molecule has 0 bridgehead atoms. The molecule has 0 unspecified atom stereocenters. The Balaban J connectivity index is 2.63. The minimum atomic E-state index is -1.27. The van der Waals surface area contributed by atoms with Crippen molar-refractivity contribution >= 4 is 17.8 Å². The monoisotopic (exact) mass is 283 g/mol. The number of amides is 1. The number of rotatable bonds is 7. The van der Waals surface area contributed by atoms with E-state index in [-0.39, 0.29) is 25.0 Å². The molecular formula is C11H13N3O6. The Morgan fingerprint density at radius 2 is 2.00 bits per heavy atom. The molecule has 9 heteroatoms. The largest absolute Gasteiger partial charge is 0.481 e. The number of aromatic nitrogens is 2. The number of aliphatic carboxylic acids is 2. The summed E-state index contributed by atoms with van der Waals surface area (Å²) in [5.41, 5.74) is -0.619. The van der Waals surface area contributed by atoms with Crippen molar-refractivity contribution in [1.29, 1.82) is 0 Å². The number of nitrogens with zero attached hydrogens (tertiary/aromatic N) is 1. The second-order valence-electron chi connectivity index (χ2n) is 3.96. The Morgan fingerprint density at radius 3 is 2.50 bits per heavy atom. The summed E-state index contributed by atoms with van der Waals surface area (Å²) in [4.78, 5) is 43.8. The van der Waals surface area contributed by atoms with E-state index in [4.69, 9.17) is 10.2 Å². The van der Waals surface area contributed by atoms with Gasteiger partial charge in [-0.25, -0.2) is 9.89 Å². The van der Waals surface area contributed by atoms with Gasteiger partial charge in [0.25, 0.3) is 11.5 Å². The first-order valence-electron chi connectivity index (χ1n) is 5.71. The summed E-state index contributed by atoms with van der Waals surface area (Å²) in [6, 6.07) is 1.03. The SMILES string of the molecule is O=C(O)CCC[C@@H](NC(=O)c1ccc(=O)[nH]n1)C(=O)O. The number of carboxylic acid groups (broad SMARTS) is 2. The van der Waals surface area contributed by atoms with Gasteiger partial charge in [-0.05, 0) is 18.9 Å². The molecular weight excluding hydrogens is 270 g/mol. The number of carboxylic acids is 2. The van der Waals surface area contributed by atoms with Crippen LogP contribution in [0.5, 0.6) is 0 Å². The van der Waals surface area contributed by atoms with Gasteiger partial charge in [-0.3, -0.25) is 14.4 Å². The molecule has 1 atom stereocenters. The molecule has 1 amide bonds. The Kier molecular flexibility index (Phi) is 5.39. The standard InChI is InChI=1S/C11H13N3O6/c15-8-5-4-6(13-14-8)10(18)12-7(11(19)20)2-1-3-9(16)17/h4-5,7H,1-3H2,(H,12,18)(H,14,15)(H,16,17)(H,19,20)/t7-/m1/s1. The predicted molar refractivity (Wildman–Crippen MR) is 65.2 cm³/mol. The highest BCUT2D eigenvalue weighted by molar-refractivity contribution is 5.94. The highest BCUT2D eigenvalue weighted by Crippen LogP contribution is 2.03. The van der Waals surface area contributed by atoms with Crippen molar-refractivity contribution in [1.82, 2.24) is 15.5 Å². The van der Waals surface area contributed by atoms with E-state index in [0.29, 0.717) is 0 Å². The van der Waals surface area contributed by atoms with Crippen LogP contribution in [0.1, 0.15) is 29.8 Å². The van der Waals surface area contributed by atoms with Gasteiger partial charge in [-0.2, -0.15) is 5.10 Å². The molecule has 0 aliphatic carbocycles. The van der Waals surface area contributed by atoms with E-state index in [0.717, 1.165) is 12.1 Å². The minimum Gasteiger partial charge on any atom is -0.481 e. The van der Waals surface area contributed by atoms with Crippen LogP contribution in [0.4, 0.5) is 0 Å². The fourth-order valence-corrected chi connectivity index (χ4v) is 1.42. The third-order valence-corrected chi connectivity index (χ3v) is 2.40. The first-order valence-corrected chi connectivity index (χ1v) is 5.71. The molecule has 20 heavy (non-hydrogen) atoms. The molecule has 1 heterocycles. The molecule has 0 aliphatic heterocycles. The lowest BCUT2D eigenvalue weighted by atomic mass is 10.1. The number of H-pyrrole nitrogens is 1. The van der Waals surface area contributed by atoms with Gasteiger partial charge in [0.15, 0.2) is 0 Å². The Hall–Kier alpha value is -2.71. The predicted octanol–water partition coefficient (Wildman–Crippen LogP) is -0.792. The maximum atomic E-state index is 11.7. The molecule has 0 radical (unpaired) electrons. The van der Waals surface area contributed by atoms with Crippen molar-refractivity contribution in [2.45, 2.75) is 25.3 Å². The van der Waals surface area contributed by atoms with Crippen LogP contribution < -0.4 is 10.9 Å². The summed E-state index contributed by atoms with van der Waals surface area (Å²) < 4.78 is 0. The van der Waals surface area contributed by atoms with Crippen molar-refractivity contribution in [3.63, 3.8) is 0 Å². The maximum Gasteiger partial charge on any atom is 0.326 e. The van der Waals surface area contributed by atoms with Gasteiger partial charge in [0.2, 0.25) is 0 Å². The zero-order valence-corrected chi connectivity index (χ0v) is 10.3. The maximum absolute atomic E-state index is 11.7. The quantitative estimate of drug-likeness (QED) is 0.512. The summed E-state index contributed by atoms with van der Waals surface area (Å²) in [5, 5.41) is 25.1. The number of carbonyl (C=O) groups is 3. The first kappa shape index (κ1) is 15.3. The molecule has 4 N–H and O–H groups in total. The van der Waals surface area contributed by atoms with Crippen LogP contribution in [0.3, 0.4) is 0 Å². The molecule has 1 rings (SSSR count). The smallest absolute Gasteiger partial charge is 0.326 e. The Labute approximate surface area is 112 Å². The van der Waals surface area contributed by atoms with Gasteiger partial charge in [-0.15, -0.1) is 0 Å². The van der Waals surface area contributed by atoms with Crippen molar-refractivity contribution in [3.05, 3.63) is 28.2 Å². The van der Waals surface area contributed by atoms with Gasteiger partial charge in [-0.1, -0.05) is 0 Å². The zero-order chi connectivity index (χ0) is 15.1. The summed E-state index contributed by atoms with van der Waals surface area (Å²) in [5.74, 6) is -3.07. The first-order chi connectivity index (χ1) is 9.40. The summed E-state index contributed by atoms with van der Waals surface area (Å²) in [6.07, 6.45) is -0.0844. The summed E-state index contributed by atoms with van der Waals surface area (Å²) in [7, 11) is 0. The van der Waals surface area contributed by atoms with Gasteiger partial charge >= 0.3 is 11.9 Å². The van der Waals surface area contributed by atoms with E-state index in [1.54, 1.807) is 0 Å². The van der Waals surface area contributed by atoms with E-state index in [1.807, 2.05) is 5.10 Å². The molecule has 0 saturated carbocycles. The average Bonchev–Trinajstić information content (AvgIpc) is 2.37. The number of nitrogens with one attached hydrogen (secondary N) is 2. The van der Waals surface area contributed by atoms with Crippen LogP contribution in [0.15, 0.2) is 16.9 Å². The highest BCUT2D eigenvalue weighted by Gasteiger charge is 2.21. The van der Waals surface area contributed by atoms with Crippen LogP contribution in [-0.2, 0) is 9.59 Å². The number of carbonyl (C=O) groups excluding carboxylic acids is 1. The van der Waals surface area contributed by atoms with Gasteiger partial charge in [0.05, 0.1) is 0 Å². The molecule has 1 aromatic heterocycles. The topological polar surface area (TPSA) is 149 Å². The van der Waals surface area contributed by atoms with Crippen LogP contribution >= 0.6 is 0 Å². The third kappa shape index (κ3) is 4.88. The molecule has 0 aliphatic rings. The lowest BCUT2D eigenvalue weighted by Gasteiger charge is -2.13. The molecule has 108 valence electrons. The van der Waals surface area contributed by atoms with Crippen LogP contribution in [0.2, 0.25) is 0 Å². The fraction of sp³-hybridized carbons (Fsp3) is 0.364. The van der Waals surface area contributed by atoms with Gasteiger partial charge in [0, 0.05) is 12.5 Å². The fourth-order valence-electron chi connectivity index (χ4n) is 1.42. The van der Waals surface area contributed by atoms with Crippen LogP contribution in [0.25, 0.3) is 0 Å². The minimum absolute atomic E-state index is 0.0171. The third-order valence-electron chi connectivity index (χ3n) is 2.40. The Bertz CT molecular complexity index is 547. The number of aromatic amines is 1. The van der Waals surface area contributed by atoms with Gasteiger partial charge < -0.3 is 15.5 Å². The second kappa shape index (κ2) is 7.02. The van der Waals surface area contributed by atoms with Crippen LogP contribution in [0, 0.1) is 0 Å². The van der Waals surface area contributed by atoms with Gasteiger partial charge in [0.1, 0.15) is 11.7 Å². The molecule has 1 aromatic rings. The van der Waals surface area contributed by atoms with Crippen molar-refractivity contribution in [3.8, 4) is 0 Å². The van der Waals surface area contributed by atoms with Crippen molar-refractivity contribution in [2.24, 2.45) is 0 Å². The second-order valence-corrected chi connectivity index (χ2v) is 3.96. The molecule has 9 nitrogen and oxygen atoms in total. The Morgan fingerprint density at radius 1 is 1.30 bits per heavy atom. The molecule has 0 aromatic carbocycles. The van der Waals surface area contributed by atoms with E-state index < -0.39 is 29.4 Å². The van der Waals surface area contributed by atoms with E-state index in [2.05, 4.69) is 10.4 Å². The average molecular weight is 283 g/mol. The van der Waals surface area contributed by atoms with E-state index in [1.165, 1.54) is 0 Å². The summed E-state index contributed by atoms with van der Waals surface area (Å²) >= 11 is 0. The molecule has 0 fully saturated rings. The molecule has 0 saturated heterocycles. The summed E-state index contributed by atoms with van der Waals surface area (Å²) in [6.45, 7) is 0. The normalized spacial score (nSPS) is 11.6. The van der Waals surface area contributed by atoms with Crippen molar-refractivity contribution < 1.29 is 24.6 Å². The zero-order valence-electron chi connectivity index (χ0n) is 10.3. The highest BCUT2D eigenvalue weighted by atomic mass is 16.4. The van der Waals surface area contributed by atoms with Crippen LogP contribution in [-0.4, -0.2) is 44.3 Å². The molecule has 0 spiro atoms. The lowest BCUT2D eigenvalue weighted by Crippen LogP contribution is -2.41. The van der Waals surface area contributed by atoms with Crippen molar-refractivity contribution in [2.75, 3.05) is 0 Å². The van der Waals surface area contributed by atoms with E-state index >= 15 is 0 Å². The van der Waals surface area contributed by atoms with E-state index in [9.17, 15) is 19.2 Å². The lowest BCUT2D eigenvalue weighted by molar-refractivity contribution is -0.140. The number of hydrogen-bond donors (Lipinski definition) is 4.